The third-order valence-corrected chi connectivity index (χ3v) is 2.48. The molecular formula is C11H14FNO3. The number of hydrogen-bond acceptors (Lipinski definition) is 4. The van der Waals surface area contributed by atoms with Crippen molar-refractivity contribution in [3.63, 3.8) is 0 Å². The van der Waals surface area contributed by atoms with E-state index in [1.807, 2.05) is 0 Å². The molecule has 1 fully saturated rings. The number of nitrogens with one attached hydrogen (secondary N) is 1. The summed E-state index contributed by atoms with van der Waals surface area (Å²) in [4.78, 5) is 0. The Morgan fingerprint density at radius 3 is 2.44 bits per heavy atom. The van der Waals surface area contributed by atoms with Gasteiger partial charge in [-0.25, -0.2) is 4.39 Å². The van der Waals surface area contributed by atoms with Crippen LogP contribution in [0, 0.1) is 5.82 Å². The van der Waals surface area contributed by atoms with Gasteiger partial charge in [-0.2, -0.15) is 0 Å². The van der Waals surface area contributed by atoms with Crippen LogP contribution in [0.1, 0.15) is 0 Å². The maximum Gasteiger partial charge on any atom is 0.207 e. The summed E-state index contributed by atoms with van der Waals surface area (Å²) >= 11 is 0. The second-order valence-electron chi connectivity index (χ2n) is 3.51. The molecule has 2 rings (SSSR count). The van der Waals surface area contributed by atoms with Gasteiger partial charge >= 0.3 is 0 Å². The van der Waals surface area contributed by atoms with Gasteiger partial charge in [0.1, 0.15) is 6.10 Å². The number of ether oxygens (including phenoxy) is 3. The number of halogens is 1. The molecule has 0 aromatic heterocycles. The highest BCUT2D eigenvalue weighted by Gasteiger charge is 2.24. The van der Waals surface area contributed by atoms with Crippen molar-refractivity contribution in [2.24, 2.45) is 0 Å². The van der Waals surface area contributed by atoms with E-state index in [2.05, 4.69) is 5.32 Å². The fourth-order valence-corrected chi connectivity index (χ4v) is 1.50. The molecule has 1 aromatic rings. The van der Waals surface area contributed by atoms with Crippen molar-refractivity contribution in [3.8, 4) is 17.2 Å². The Morgan fingerprint density at radius 1 is 1.19 bits per heavy atom. The lowest BCUT2D eigenvalue weighted by Gasteiger charge is -2.29. The zero-order valence-corrected chi connectivity index (χ0v) is 9.25. The molecule has 5 heteroatoms. The summed E-state index contributed by atoms with van der Waals surface area (Å²) in [5.41, 5.74) is 0. The van der Waals surface area contributed by atoms with E-state index < -0.39 is 5.82 Å². The Morgan fingerprint density at radius 2 is 1.94 bits per heavy atom. The van der Waals surface area contributed by atoms with Crippen LogP contribution in [0.5, 0.6) is 17.2 Å². The molecular weight excluding hydrogens is 213 g/mol. The molecule has 0 radical (unpaired) electrons. The van der Waals surface area contributed by atoms with E-state index in [1.54, 1.807) is 0 Å². The van der Waals surface area contributed by atoms with Gasteiger partial charge in [0.2, 0.25) is 11.5 Å². The number of benzene rings is 1. The molecule has 1 aliphatic heterocycles. The van der Waals surface area contributed by atoms with E-state index in [4.69, 9.17) is 14.2 Å². The molecule has 1 saturated heterocycles. The second-order valence-corrected chi connectivity index (χ2v) is 3.51. The maximum absolute atomic E-state index is 13.5. The van der Waals surface area contributed by atoms with Gasteiger partial charge in [-0.1, -0.05) is 0 Å². The minimum atomic E-state index is -0.453. The molecule has 0 aliphatic carbocycles. The summed E-state index contributed by atoms with van der Waals surface area (Å²) in [6.45, 7) is 1.51. The lowest BCUT2D eigenvalue weighted by Crippen LogP contribution is -2.50. The molecule has 1 N–H and O–H groups in total. The van der Waals surface area contributed by atoms with E-state index >= 15 is 0 Å². The third kappa shape index (κ3) is 1.90. The predicted octanol–water partition coefficient (Wildman–Crippen LogP) is 1.19. The van der Waals surface area contributed by atoms with Gasteiger partial charge in [0.15, 0.2) is 11.6 Å². The first-order valence-electron chi connectivity index (χ1n) is 5.04. The van der Waals surface area contributed by atoms with E-state index in [0.29, 0.717) is 11.5 Å². The summed E-state index contributed by atoms with van der Waals surface area (Å²) in [6, 6.07) is 2.82. The molecule has 0 atom stereocenters. The smallest absolute Gasteiger partial charge is 0.207 e. The molecule has 4 nitrogen and oxygen atoms in total. The summed E-state index contributed by atoms with van der Waals surface area (Å²) < 4.78 is 29.2. The SMILES string of the molecule is COc1ccc(F)c(OC)c1OC1CNC1. The van der Waals surface area contributed by atoms with Crippen LogP contribution in [0.4, 0.5) is 4.39 Å². The van der Waals surface area contributed by atoms with Crippen LogP contribution in [-0.2, 0) is 0 Å². The van der Waals surface area contributed by atoms with Gasteiger partial charge in [-0.05, 0) is 12.1 Å². The molecule has 88 valence electrons. The Bertz CT molecular complexity index is 380. The lowest BCUT2D eigenvalue weighted by atomic mass is 10.2. The average Bonchev–Trinajstić information content (AvgIpc) is 2.23. The molecule has 0 saturated carbocycles. The van der Waals surface area contributed by atoms with Gasteiger partial charge in [-0.15, -0.1) is 0 Å². The number of hydrogen-bond donors (Lipinski definition) is 1. The number of methoxy groups -OCH3 is 2. The van der Waals surface area contributed by atoms with Crippen molar-refractivity contribution in [1.29, 1.82) is 0 Å². The van der Waals surface area contributed by atoms with E-state index in [1.165, 1.54) is 26.4 Å². The van der Waals surface area contributed by atoms with Gasteiger partial charge < -0.3 is 19.5 Å². The van der Waals surface area contributed by atoms with Crippen molar-refractivity contribution < 1.29 is 18.6 Å². The summed E-state index contributed by atoms with van der Waals surface area (Å²) in [5.74, 6) is 0.443. The van der Waals surface area contributed by atoms with E-state index in [0.717, 1.165) is 13.1 Å². The fraction of sp³-hybridized carbons (Fsp3) is 0.455. The van der Waals surface area contributed by atoms with Gasteiger partial charge in [0.05, 0.1) is 14.2 Å². The molecule has 1 heterocycles. The van der Waals surface area contributed by atoms with Gasteiger partial charge in [0, 0.05) is 13.1 Å². The molecule has 16 heavy (non-hydrogen) atoms. The van der Waals surface area contributed by atoms with E-state index in [-0.39, 0.29) is 11.9 Å². The molecule has 0 amide bonds. The van der Waals surface area contributed by atoms with Crippen LogP contribution in [0.25, 0.3) is 0 Å². The highest BCUT2D eigenvalue weighted by atomic mass is 19.1. The summed E-state index contributed by atoms with van der Waals surface area (Å²) in [5, 5.41) is 3.07. The first-order chi connectivity index (χ1) is 7.76. The zero-order chi connectivity index (χ0) is 11.5. The van der Waals surface area contributed by atoms with Crippen LogP contribution >= 0.6 is 0 Å². The second kappa shape index (κ2) is 4.57. The normalized spacial score (nSPS) is 15.4. The molecule has 1 aromatic carbocycles. The topological polar surface area (TPSA) is 39.7 Å². The van der Waals surface area contributed by atoms with Crippen molar-refractivity contribution in [3.05, 3.63) is 17.9 Å². The molecule has 0 bridgehead atoms. The molecule has 0 spiro atoms. The average molecular weight is 227 g/mol. The van der Waals surface area contributed by atoms with Crippen molar-refractivity contribution in [2.45, 2.75) is 6.10 Å². The maximum atomic E-state index is 13.5. The Balaban J connectivity index is 2.32. The zero-order valence-electron chi connectivity index (χ0n) is 9.25. The fourth-order valence-electron chi connectivity index (χ4n) is 1.50. The lowest BCUT2D eigenvalue weighted by molar-refractivity contribution is 0.131. The van der Waals surface area contributed by atoms with Crippen LogP contribution in [0.3, 0.4) is 0 Å². The Labute approximate surface area is 93.3 Å². The quantitative estimate of drug-likeness (QED) is 0.838. The highest BCUT2D eigenvalue weighted by molar-refractivity contribution is 5.52. The minimum Gasteiger partial charge on any atom is -0.493 e. The van der Waals surface area contributed by atoms with Crippen molar-refractivity contribution in [2.75, 3.05) is 27.3 Å². The molecule has 1 aliphatic rings. The Kier molecular flexibility index (Phi) is 3.14. The van der Waals surface area contributed by atoms with E-state index in [9.17, 15) is 4.39 Å². The minimum absolute atomic E-state index is 0.0459. The first kappa shape index (κ1) is 11.0. The van der Waals surface area contributed by atoms with Crippen molar-refractivity contribution in [1.82, 2.24) is 5.32 Å². The monoisotopic (exact) mass is 227 g/mol. The highest BCUT2D eigenvalue weighted by Crippen LogP contribution is 2.39. The first-order valence-corrected chi connectivity index (χ1v) is 5.04. The number of rotatable bonds is 4. The summed E-state index contributed by atoms with van der Waals surface area (Å²) in [7, 11) is 2.92. The predicted molar refractivity (Wildman–Crippen MR) is 56.8 cm³/mol. The third-order valence-electron chi connectivity index (χ3n) is 2.48. The Hall–Kier alpha value is -1.49. The van der Waals surface area contributed by atoms with Crippen LogP contribution in [0.2, 0.25) is 0 Å². The van der Waals surface area contributed by atoms with Crippen molar-refractivity contribution >= 4 is 0 Å². The van der Waals surface area contributed by atoms with Crippen LogP contribution < -0.4 is 19.5 Å². The van der Waals surface area contributed by atoms with Crippen LogP contribution in [-0.4, -0.2) is 33.4 Å². The van der Waals surface area contributed by atoms with Gasteiger partial charge in [0.25, 0.3) is 0 Å². The molecule has 0 unspecified atom stereocenters. The summed E-state index contributed by atoms with van der Waals surface area (Å²) in [6.07, 6.45) is 0.0459. The standard InChI is InChI=1S/C11H14FNO3/c1-14-9-4-3-8(12)10(15-2)11(9)16-7-5-13-6-7/h3-4,7,13H,5-6H2,1-2H3. The van der Waals surface area contributed by atoms with Gasteiger partial charge in [-0.3, -0.25) is 0 Å². The van der Waals surface area contributed by atoms with Crippen LogP contribution in [0.15, 0.2) is 12.1 Å². The largest absolute Gasteiger partial charge is 0.493 e.